The molecule has 0 aromatic heterocycles. The summed E-state index contributed by atoms with van der Waals surface area (Å²) < 4.78 is 0. The SMILES string of the molecule is CCC1CCC(C(C)C)CCCC(/C=C2/C=CC(C(C)C)=C2)C1. The van der Waals surface area contributed by atoms with E-state index in [4.69, 9.17) is 0 Å². The Morgan fingerprint density at radius 2 is 1.83 bits per heavy atom. The number of hydrogen-bond acceptors (Lipinski definition) is 0. The minimum absolute atomic E-state index is 0.646. The lowest BCUT2D eigenvalue weighted by Crippen LogP contribution is -2.10. The highest BCUT2D eigenvalue weighted by Gasteiger charge is 2.21. The van der Waals surface area contributed by atoms with E-state index in [1.807, 2.05) is 0 Å². The van der Waals surface area contributed by atoms with Gasteiger partial charge in [0.05, 0.1) is 0 Å². The fourth-order valence-corrected chi connectivity index (χ4v) is 4.31. The van der Waals surface area contributed by atoms with E-state index in [0.717, 1.165) is 23.7 Å². The first kappa shape index (κ1) is 18.6. The third-order valence-corrected chi connectivity index (χ3v) is 6.15. The zero-order valence-corrected chi connectivity index (χ0v) is 16.1. The molecule has 0 N–H and O–H groups in total. The van der Waals surface area contributed by atoms with Crippen molar-refractivity contribution in [2.24, 2.45) is 29.6 Å². The van der Waals surface area contributed by atoms with Crippen LogP contribution in [0.4, 0.5) is 0 Å². The molecule has 2 aliphatic rings. The molecular weight excluding hydrogens is 276 g/mol. The maximum atomic E-state index is 2.59. The molecule has 23 heavy (non-hydrogen) atoms. The maximum absolute atomic E-state index is 2.59. The van der Waals surface area contributed by atoms with E-state index >= 15 is 0 Å². The van der Waals surface area contributed by atoms with Crippen LogP contribution in [0.15, 0.2) is 35.5 Å². The molecule has 130 valence electrons. The van der Waals surface area contributed by atoms with Crippen LogP contribution in [-0.4, -0.2) is 0 Å². The lowest BCUT2D eigenvalue weighted by atomic mass is 9.84. The summed E-state index contributed by atoms with van der Waals surface area (Å²) in [6.45, 7) is 11.8. The van der Waals surface area contributed by atoms with Gasteiger partial charge in [-0.05, 0) is 60.0 Å². The second-order valence-corrected chi connectivity index (χ2v) is 8.58. The second kappa shape index (κ2) is 8.90. The molecule has 0 nitrogen and oxygen atoms in total. The first-order chi connectivity index (χ1) is 11.0. The summed E-state index contributed by atoms with van der Waals surface area (Å²) >= 11 is 0. The van der Waals surface area contributed by atoms with Gasteiger partial charge in [0.15, 0.2) is 0 Å². The molecule has 0 bridgehead atoms. The molecule has 0 aromatic rings. The van der Waals surface area contributed by atoms with Crippen LogP contribution >= 0.6 is 0 Å². The highest BCUT2D eigenvalue weighted by atomic mass is 14.3. The quantitative estimate of drug-likeness (QED) is 0.509. The molecule has 2 aliphatic carbocycles. The molecule has 1 saturated carbocycles. The van der Waals surface area contributed by atoms with E-state index in [1.165, 1.54) is 56.1 Å². The van der Waals surface area contributed by atoms with Gasteiger partial charge in [0.25, 0.3) is 0 Å². The summed E-state index contributed by atoms with van der Waals surface area (Å²) in [6.07, 6.45) is 19.6. The largest absolute Gasteiger partial charge is 0.0741 e. The summed E-state index contributed by atoms with van der Waals surface area (Å²) in [6, 6.07) is 0. The minimum atomic E-state index is 0.646. The Morgan fingerprint density at radius 3 is 2.43 bits per heavy atom. The molecule has 0 heterocycles. The summed E-state index contributed by atoms with van der Waals surface area (Å²) in [4.78, 5) is 0. The number of hydrogen-bond donors (Lipinski definition) is 0. The first-order valence-electron chi connectivity index (χ1n) is 10.1. The third-order valence-electron chi connectivity index (χ3n) is 6.15. The van der Waals surface area contributed by atoms with Crippen molar-refractivity contribution in [1.29, 1.82) is 0 Å². The van der Waals surface area contributed by atoms with Crippen LogP contribution in [0.3, 0.4) is 0 Å². The molecule has 3 atom stereocenters. The van der Waals surface area contributed by atoms with E-state index in [0.29, 0.717) is 5.92 Å². The molecule has 3 unspecified atom stereocenters. The number of rotatable bonds is 4. The van der Waals surface area contributed by atoms with E-state index < -0.39 is 0 Å². The standard InChI is InChI=1S/C23H38/c1-6-19-10-12-22(17(2)3)9-7-8-20(14-19)15-21-11-13-23(16-21)18(4)5/h11,13,15-20,22H,6-10,12,14H2,1-5H3/b21-15-. The zero-order valence-electron chi connectivity index (χ0n) is 16.1. The summed E-state index contributed by atoms with van der Waals surface area (Å²) in [5.41, 5.74) is 2.96. The van der Waals surface area contributed by atoms with Gasteiger partial charge in [-0.25, -0.2) is 0 Å². The van der Waals surface area contributed by atoms with Crippen LogP contribution < -0.4 is 0 Å². The Hall–Kier alpha value is -0.780. The lowest BCUT2D eigenvalue weighted by molar-refractivity contribution is 0.300. The molecule has 2 rings (SSSR count). The van der Waals surface area contributed by atoms with E-state index in [1.54, 1.807) is 0 Å². The van der Waals surface area contributed by atoms with Crippen molar-refractivity contribution in [2.45, 2.75) is 79.6 Å². The molecule has 1 fully saturated rings. The Bertz CT molecular complexity index is 447. The molecule has 0 heteroatoms. The molecule has 0 amide bonds. The van der Waals surface area contributed by atoms with Gasteiger partial charge >= 0.3 is 0 Å². The van der Waals surface area contributed by atoms with Crippen LogP contribution in [0, 0.1) is 29.6 Å². The highest BCUT2D eigenvalue weighted by Crippen LogP contribution is 2.35. The van der Waals surface area contributed by atoms with Crippen LogP contribution in [0.2, 0.25) is 0 Å². The fourth-order valence-electron chi connectivity index (χ4n) is 4.31. The van der Waals surface area contributed by atoms with Crippen molar-refractivity contribution >= 4 is 0 Å². The smallest absolute Gasteiger partial charge is 0.0219 e. The van der Waals surface area contributed by atoms with Crippen LogP contribution in [-0.2, 0) is 0 Å². The molecule has 0 radical (unpaired) electrons. The van der Waals surface area contributed by atoms with Crippen LogP contribution in [0.25, 0.3) is 0 Å². The van der Waals surface area contributed by atoms with Gasteiger partial charge in [0.2, 0.25) is 0 Å². The fraction of sp³-hybridized carbons (Fsp3) is 0.739. The van der Waals surface area contributed by atoms with Gasteiger partial charge in [-0.1, -0.05) is 84.6 Å². The van der Waals surface area contributed by atoms with Crippen molar-refractivity contribution in [2.75, 3.05) is 0 Å². The Labute approximate surface area is 145 Å². The van der Waals surface area contributed by atoms with Crippen molar-refractivity contribution in [3.05, 3.63) is 35.5 Å². The average Bonchev–Trinajstić information content (AvgIpc) is 2.99. The summed E-state index contributed by atoms with van der Waals surface area (Å²) in [5, 5.41) is 0. The Kier molecular flexibility index (Phi) is 7.18. The van der Waals surface area contributed by atoms with E-state index in [9.17, 15) is 0 Å². The van der Waals surface area contributed by atoms with Crippen molar-refractivity contribution in [3.63, 3.8) is 0 Å². The normalized spacial score (nSPS) is 31.3. The lowest BCUT2D eigenvalue weighted by Gasteiger charge is -2.22. The van der Waals surface area contributed by atoms with Gasteiger partial charge in [0.1, 0.15) is 0 Å². The maximum Gasteiger partial charge on any atom is -0.0219 e. The van der Waals surface area contributed by atoms with Gasteiger partial charge in [-0.3, -0.25) is 0 Å². The molecule has 0 aliphatic heterocycles. The molecule has 0 spiro atoms. The van der Waals surface area contributed by atoms with Crippen molar-refractivity contribution < 1.29 is 0 Å². The third kappa shape index (κ3) is 5.66. The monoisotopic (exact) mass is 314 g/mol. The van der Waals surface area contributed by atoms with Gasteiger partial charge in [0, 0.05) is 0 Å². The minimum Gasteiger partial charge on any atom is -0.0741 e. The molecule has 0 saturated heterocycles. The summed E-state index contributed by atoms with van der Waals surface area (Å²) in [7, 11) is 0. The highest BCUT2D eigenvalue weighted by molar-refractivity contribution is 5.46. The zero-order chi connectivity index (χ0) is 16.8. The predicted octanol–water partition coefficient (Wildman–Crippen LogP) is 7.33. The topological polar surface area (TPSA) is 0 Å². The first-order valence-corrected chi connectivity index (χ1v) is 10.1. The van der Waals surface area contributed by atoms with Gasteiger partial charge in [-0.2, -0.15) is 0 Å². The Morgan fingerprint density at radius 1 is 1.04 bits per heavy atom. The predicted molar refractivity (Wildman–Crippen MR) is 103 cm³/mol. The summed E-state index contributed by atoms with van der Waals surface area (Å²) in [5.74, 6) is 4.17. The van der Waals surface area contributed by atoms with Gasteiger partial charge in [-0.15, -0.1) is 0 Å². The Balaban J connectivity index is 2.05. The van der Waals surface area contributed by atoms with Crippen molar-refractivity contribution in [3.8, 4) is 0 Å². The van der Waals surface area contributed by atoms with Crippen LogP contribution in [0.5, 0.6) is 0 Å². The van der Waals surface area contributed by atoms with E-state index in [2.05, 4.69) is 58.9 Å². The molecular formula is C23H38. The number of allylic oxidation sites excluding steroid dienone is 6. The van der Waals surface area contributed by atoms with Gasteiger partial charge < -0.3 is 0 Å². The van der Waals surface area contributed by atoms with Crippen LogP contribution in [0.1, 0.15) is 79.6 Å². The molecule has 0 aromatic carbocycles. The van der Waals surface area contributed by atoms with Crippen molar-refractivity contribution in [1.82, 2.24) is 0 Å². The van der Waals surface area contributed by atoms with E-state index in [-0.39, 0.29) is 0 Å². The second-order valence-electron chi connectivity index (χ2n) is 8.58. The average molecular weight is 315 g/mol.